The molecule has 0 saturated heterocycles. The van der Waals surface area contributed by atoms with Gasteiger partial charge in [0.25, 0.3) is 5.69 Å². The van der Waals surface area contributed by atoms with Gasteiger partial charge in [-0.1, -0.05) is 23.9 Å². The molecule has 0 aliphatic carbocycles. The maximum atomic E-state index is 10.6. The molecular formula is C16H12N4O2S. The molecule has 0 N–H and O–H groups in total. The van der Waals surface area contributed by atoms with Crippen LogP contribution in [0.2, 0.25) is 0 Å². The van der Waals surface area contributed by atoms with Gasteiger partial charge in [0.15, 0.2) is 0 Å². The summed E-state index contributed by atoms with van der Waals surface area (Å²) in [5.41, 5.74) is 2.87. The molecule has 0 spiro atoms. The van der Waals surface area contributed by atoms with Crippen LogP contribution in [0.4, 0.5) is 5.69 Å². The second-order valence-electron chi connectivity index (χ2n) is 4.70. The van der Waals surface area contributed by atoms with E-state index in [1.54, 1.807) is 24.5 Å². The summed E-state index contributed by atoms with van der Waals surface area (Å²) < 4.78 is 0. The molecule has 7 heteroatoms. The van der Waals surface area contributed by atoms with Gasteiger partial charge in [-0.25, -0.2) is 0 Å². The number of hydrogen-bond donors (Lipinski definition) is 0. The van der Waals surface area contributed by atoms with Crippen LogP contribution in [0, 0.1) is 10.1 Å². The highest BCUT2D eigenvalue weighted by Crippen LogP contribution is 2.23. The Bertz CT molecular complexity index is 793. The topological polar surface area (TPSA) is 81.8 Å². The maximum Gasteiger partial charge on any atom is 0.269 e. The molecule has 6 nitrogen and oxygen atoms in total. The molecule has 1 aromatic carbocycles. The largest absolute Gasteiger partial charge is 0.269 e. The van der Waals surface area contributed by atoms with Crippen LogP contribution in [0.3, 0.4) is 0 Å². The minimum atomic E-state index is -0.403. The highest BCUT2D eigenvalue weighted by Gasteiger charge is 2.05. The van der Waals surface area contributed by atoms with Crippen molar-refractivity contribution in [3.05, 3.63) is 76.6 Å². The first kappa shape index (κ1) is 15.1. The molecule has 0 fully saturated rings. The minimum absolute atomic E-state index is 0.0974. The number of nitrogens with zero attached hydrogens (tertiary/aromatic N) is 4. The van der Waals surface area contributed by atoms with Gasteiger partial charge in [-0.3, -0.25) is 15.1 Å². The van der Waals surface area contributed by atoms with Crippen molar-refractivity contribution in [2.24, 2.45) is 0 Å². The Morgan fingerprint density at radius 2 is 1.70 bits per heavy atom. The van der Waals surface area contributed by atoms with Gasteiger partial charge in [-0.2, -0.15) is 0 Å². The second-order valence-corrected chi connectivity index (χ2v) is 5.70. The molecular weight excluding hydrogens is 312 g/mol. The monoisotopic (exact) mass is 324 g/mol. The molecule has 0 saturated carbocycles. The van der Waals surface area contributed by atoms with Gasteiger partial charge in [0, 0.05) is 35.8 Å². The van der Waals surface area contributed by atoms with Crippen molar-refractivity contribution in [3.8, 4) is 11.3 Å². The molecule has 3 rings (SSSR count). The van der Waals surface area contributed by atoms with Gasteiger partial charge >= 0.3 is 0 Å². The summed E-state index contributed by atoms with van der Waals surface area (Å²) in [5.74, 6) is 0.682. The van der Waals surface area contributed by atoms with Crippen molar-refractivity contribution in [2.45, 2.75) is 10.8 Å². The van der Waals surface area contributed by atoms with E-state index in [2.05, 4.69) is 15.2 Å². The SMILES string of the molecule is O=[N+]([O-])c1ccc(CSc2ccc(-c3ccncc3)nn2)cc1. The number of nitro benzene ring substituents is 1. The van der Waals surface area contributed by atoms with Crippen LogP contribution in [-0.2, 0) is 5.75 Å². The highest BCUT2D eigenvalue weighted by molar-refractivity contribution is 7.98. The first-order valence-corrected chi connectivity index (χ1v) is 7.81. The predicted octanol–water partition coefficient (Wildman–Crippen LogP) is 3.74. The number of nitro groups is 1. The third kappa shape index (κ3) is 3.89. The Balaban J connectivity index is 1.63. The summed E-state index contributed by atoms with van der Waals surface area (Å²) in [5, 5.41) is 19.8. The number of benzene rings is 1. The fourth-order valence-corrected chi connectivity index (χ4v) is 2.71. The fraction of sp³-hybridized carbons (Fsp3) is 0.0625. The van der Waals surface area contributed by atoms with Crippen LogP contribution >= 0.6 is 11.8 Å². The van der Waals surface area contributed by atoms with Crippen molar-refractivity contribution in [1.82, 2.24) is 15.2 Å². The molecule has 2 heterocycles. The molecule has 0 amide bonds. The quantitative estimate of drug-likeness (QED) is 0.404. The van der Waals surface area contributed by atoms with E-state index in [0.29, 0.717) is 5.75 Å². The summed E-state index contributed by atoms with van der Waals surface area (Å²) >= 11 is 1.54. The number of pyridine rings is 1. The Kier molecular flexibility index (Phi) is 4.58. The average Bonchev–Trinajstić information content (AvgIpc) is 2.61. The van der Waals surface area contributed by atoms with E-state index in [-0.39, 0.29) is 5.69 Å². The Labute approximate surface area is 136 Å². The van der Waals surface area contributed by atoms with Gasteiger partial charge in [0.05, 0.1) is 10.6 Å². The summed E-state index contributed by atoms with van der Waals surface area (Å²) in [6.07, 6.45) is 3.43. The highest BCUT2D eigenvalue weighted by atomic mass is 32.2. The van der Waals surface area contributed by atoms with E-state index < -0.39 is 4.92 Å². The number of hydrogen-bond acceptors (Lipinski definition) is 6. The van der Waals surface area contributed by atoms with Crippen molar-refractivity contribution in [2.75, 3.05) is 0 Å². The van der Waals surface area contributed by atoms with Gasteiger partial charge in [0.1, 0.15) is 5.03 Å². The number of non-ortho nitro benzene ring substituents is 1. The zero-order valence-electron chi connectivity index (χ0n) is 12.0. The Morgan fingerprint density at radius 3 is 2.30 bits per heavy atom. The molecule has 0 radical (unpaired) electrons. The molecule has 0 aliphatic heterocycles. The molecule has 0 atom stereocenters. The zero-order valence-corrected chi connectivity index (χ0v) is 12.8. The molecule has 23 heavy (non-hydrogen) atoms. The summed E-state index contributed by atoms with van der Waals surface area (Å²) in [6, 6.07) is 14.1. The van der Waals surface area contributed by atoms with Gasteiger partial charge in [-0.15, -0.1) is 10.2 Å². The fourth-order valence-electron chi connectivity index (χ4n) is 1.94. The van der Waals surface area contributed by atoms with E-state index >= 15 is 0 Å². The second kappa shape index (κ2) is 6.97. The van der Waals surface area contributed by atoms with E-state index in [0.717, 1.165) is 21.8 Å². The first-order chi connectivity index (χ1) is 11.2. The van der Waals surface area contributed by atoms with Crippen LogP contribution < -0.4 is 0 Å². The predicted molar refractivity (Wildman–Crippen MR) is 87.9 cm³/mol. The van der Waals surface area contributed by atoms with Crippen molar-refractivity contribution >= 4 is 17.4 Å². The van der Waals surface area contributed by atoms with Crippen molar-refractivity contribution < 1.29 is 4.92 Å². The molecule has 3 aromatic rings. The normalized spacial score (nSPS) is 10.4. The minimum Gasteiger partial charge on any atom is -0.265 e. The molecule has 2 aromatic heterocycles. The van der Waals surface area contributed by atoms with E-state index in [4.69, 9.17) is 0 Å². The maximum absolute atomic E-state index is 10.6. The van der Waals surface area contributed by atoms with Crippen LogP contribution in [-0.4, -0.2) is 20.1 Å². The summed E-state index contributed by atoms with van der Waals surface area (Å²) in [4.78, 5) is 14.2. The first-order valence-electron chi connectivity index (χ1n) is 6.82. The summed E-state index contributed by atoms with van der Waals surface area (Å²) in [6.45, 7) is 0. The molecule has 114 valence electrons. The Hall–Kier alpha value is -2.80. The number of thioether (sulfide) groups is 1. The number of aromatic nitrogens is 3. The van der Waals surface area contributed by atoms with Crippen LogP contribution in [0.15, 0.2) is 66.0 Å². The molecule has 0 unspecified atom stereocenters. The van der Waals surface area contributed by atoms with Crippen LogP contribution in [0.5, 0.6) is 0 Å². The number of rotatable bonds is 5. The molecule has 0 aliphatic rings. The van der Waals surface area contributed by atoms with Crippen LogP contribution in [0.1, 0.15) is 5.56 Å². The van der Waals surface area contributed by atoms with E-state index in [9.17, 15) is 10.1 Å². The van der Waals surface area contributed by atoms with Crippen molar-refractivity contribution in [3.63, 3.8) is 0 Å². The average molecular weight is 324 g/mol. The zero-order chi connectivity index (χ0) is 16.1. The van der Waals surface area contributed by atoms with E-state index in [1.807, 2.05) is 24.3 Å². The lowest BCUT2D eigenvalue weighted by molar-refractivity contribution is -0.384. The van der Waals surface area contributed by atoms with Gasteiger partial charge in [0.2, 0.25) is 0 Å². The van der Waals surface area contributed by atoms with Crippen molar-refractivity contribution in [1.29, 1.82) is 0 Å². The van der Waals surface area contributed by atoms with Gasteiger partial charge in [-0.05, 0) is 29.8 Å². The standard InChI is InChI=1S/C16H12N4O2S/c21-20(22)14-3-1-12(2-4-14)11-23-16-6-5-15(18-19-16)13-7-9-17-10-8-13/h1-10H,11H2. The van der Waals surface area contributed by atoms with E-state index in [1.165, 1.54) is 23.9 Å². The lowest BCUT2D eigenvalue weighted by atomic mass is 10.2. The Morgan fingerprint density at radius 1 is 0.957 bits per heavy atom. The summed E-state index contributed by atoms with van der Waals surface area (Å²) in [7, 11) is 0. The lowest BCUT2D eigenvalue weighted by Gasteiger charge is -2.03. The van der Waals surface area contributed by atoms with Gasteiger partial charge < -0.3 is 0 Å². The smallest absolute Gasteiger partial charge is 0.265 e. The third-order valence-corrected chi connectivity index (χ3v) is 4.14. The van der Waals surface area contributed by atoms with Crippen LogP contribution in [0.25, 0.3) is 11.3 Å². The molecule has 0 bridgehead atoms. The third-order valence-electron chi connectivity index (χ3n) is 3.15. The lowest BCUT2D eigenvalue weighted by Crippen LogP contribution is -1.91.